The fourth-order valence-electron chi connectivity index (χ4n) is 2.03. The number of rotatable bonds is 3. The summed E-state index contributed by atoms with van der Waals surface area (Å²) in [7, 11) is 0. The summed E-state index contributed by atoms with van der Waals surface area (Å²) in [6.45, 7) is 0. The minimum absolute atomic E-state index is 0.0409. The molecule has 6 nitrogen and oxygen atoms in total. The molecular formula is C12H12N4O2S. The van der Waals surface area contributed by atoms with Gasteiger partial charge >= 0.3 is 5.97 Å². The molecule has 0 atom stereocenters. The molecule has 0 unspecified atom stereocenters. The van der Waals surface area contributed by atoms with E-state index in [-0.39, 0.29) is 5.69 Å². The van der Waals surface area contributed by atoms with Gasteiger partial charge in [0.15, 0.2) is 16.6 Å². The number of carboxylic acid groups (broad SMARTS) is 1. The lowest BCUT2D eigenvalue weighted by molar-refractivity contribution is 0.0690. The number of nitrogens with two attached hydrogens (primary N) is 1. The normalized spacial score (nSPS) is 13.3. The van der Waals surface area contributed by atoms with Crippen molar-refractivity contribution in [2.45, 2.75) is 19.3 Å². The number of hydrogen-bond donors (Lipinski definition) is 3. The Balaban J connectivity index is 1.89. The number of thiazole rings is 1. The van der Waals surface area contributed by atoms with Crippen molar-refractivity contribution in [3.05, 3.63) is 28.4 Å². The first-order valence-electron chi connectivity index (χ1n) is 5.89. The molecule has 2 heterocycles. The molecule has 98 valence electrons. The summed E-state index contributed by atoms with van der Waals surface area (Å²) in [6, 6.07) is 2.91. The van der Waals surface area contributed by atoms with Crippen molar-refractivity contribution in [2.24, 2.45) is 0 Å². The average Bonchev–Trinajstić information content (AvgIpc) is 2.92. The van der Waals surface area contributed by atoms with E-state index in [1.165, 1.54) is 17.0 Å². The highest BCUT2D eigenvalue weighted by molar-refractivity contribution is 7.15. The number of fused-ring (bicyclic) bond motifs is 1. The van der Waals surface area contributed by atoms with Crippen LogP contribution in [0.5, 0.6) is 0 Å². The molecule has 0 saturated heterocycles. The van der Waals surface area contributed by atoms with E-state index in [1.54, 1.807) is 11.3 Å². The van der Waals surface area contributed by atoms with Crippen LogP contribution in [-0.4, -0.2) is 21.0 Å². The van der Waals surface area contributed by atoms with Gasteiger partial charge in [0.1, 0.15) is 0 Å². The Hall–Kier alpha value is -2.15. The molecule has 0 aromatic carbocycles. The average molecular weight is 276 g/mol. The van der Waals surface area contributed by atoms with Gasteiger partial charge in [-0.2, -0.15) is 0 Å². The van der Waals surface area contributed by atoms with Crippen molar-refractivity contribution in [2.75, 3.05) is 11.1 Å². The minimum atomic E-state index is -1.08. The molecule has 0 bridgehead atoms. The van der Waals surface area contributed by atoms with Gasteiger partial charge in [-0.15, -0.1) is 11.3 Å². The van der Waals surface area contributed by atoms with E-state index in [0.29, 0.717) is 16.6 Å². The fourth-order valence-corrected chi connectivity index (χ4v) is 3.08. The molecule has 2 aromatic heterocycles. The number of pyridine rings is 1. The number of nitrogen functional groups attached to an aromatic ring is 1. The van der Waals surface area contributed by atoms with Crippen molar-refractivity contribution in [1.82, 2.24) is 9.97 Å². The summed E-state index contributed by atoms with van der Waals surface area (Å²) in [5, 5.41) is 12.6. The van der Waals surface area contributed by atoms with Crippen LogP contribution in [0.4, 0.5) is 16.6 Å². The number of nitrogens with zero attached hydrogens (tertiary/aromatic N) is 2. The van der Waals surface area contributed by atoms with Gasteiger partial charge in [-0.1, -0.05) is 0 Å². The highest BCUT2D eigenvalue weighted by Gasteiger charge is 2.17. The number of carbonyl (C=O) groups is 1. The van der Waals surface area contributed by atoms with E-state index in [1.807, 2.05) is 0 Å². The molecule has 0 aliphatic heterocycles. The van der Waals surface area contributed by atoms with Crippen molar-refractivity contribution in [1.29, 1.82) is 0 Å². The Morgan fingerprint density at radius 3 is 2.95 bits per heavy atom. The molecule has 1 aliphatic carbocycles. The molecular weight excluding hydrogens is 264 g/mol. The lowest BCUT2D eigenvalue weighted by atomic mass is 10.3. The summed E-state index contributed by atoms with van der Waals surface area (Å²) >= 11 is 1.57. The van der Waals surface area contributed by atoms with Crippen molar-refractivity contribution in [3.8, 4) is 0 Å². The second kappa shape index (κ2) is 4.51. The maximum Gasteiger partial charge on any atom is 0.354 e. The third kappa shape index (κ3) is 2.24. The topological polar surface area (TPSA) is 101 Å². The monoisotopic (exact) mass is 276 g/mol. The van der Waals surface area contributed by atoms with Crippen LogP contribution < -0.4 is 11.1 Å². The standard InChI is InChI=1S/C12H12N4O2S/c13-6-4-5-8(11(17)18)14-10(6)16-12-15-7-2-1-3-9(7)19-12/h4-5H,1-3,13H2,(H,17,18)(H,14,15,16). The largest absolute Gasteiger partial charge is 0.477 e. The molecule has 0 amide bonds. The van der Waals surface area contributed by atoms with Crippen LogP contribution in [0.15, 0.2) is 12.1 Å². The Labute approximate surface area is 113 Å². The highest BCUT2D eigenvalue weighted by atomic mass is 32.1. The molecule has 4 N–H and O–H groups in total. The van der Waals surface area contributed by atoms with Crippen LogP contribution in [-0.2, 0) is 12.8 Å². The number of hydrogen-bond acceptors (Lipinski definition) is 6. The maximum absolute atomic E-state index is 10.9. The van der Waals surface area contributed by atoms with Gasteiger partial charge in [0.2, 0.25) is 0 Å². The number of aryl methyl sites for hydroxylation is 2. The molecule has 0 spiro atoms. The summed E-state index contributed by atoms with van der Waals surface area (Å²) in [5.41, 5.74) is 7.28. The van der Waals surface area contributed by atoms with E-state index in [0.717, 1.165) is 25.0 Å². The molecule has 1 aliphatic rings. The van der Waals surface area contributed by atoms with Crippen LogP contribution >= 0.6 is 11.3 Å². The van der Waals surface area contributed by atoms with E-state index in [2.05, 4.69) is 15.3 Å². The lowest BCUT2D eigenvalue weighted by Gasteiger charge is -2.06. The van der Waals surface area contributed by atoms with E-state index < -0.39 is 5.97 Å². The highest BCUT2D eigenvalue weighted by Crippen LogP contribution is 2.32. The van der Waals surface area contributed by atoms with Gasteiger partial charge < -0.3 is 16.2 Å². The first-order chi connectivity index (χ1) is 9.13. The number of anilines is 3. The SMILES string of the molecule is Nc1ccc(C(=O)O)nc1Nc1nc2c(s1)CCC2. The van der Waals surface area contributed by atoms with Crippen molar-refractivity contribution in [3.63, 3.8) is 0 Å². The summed E-state index contributed by atoms with van der Waals surface area (Å²) in [6.07, 6.45) is 3.22. The third-order valence-corrected chi connectivity index (χ3v) is 4.04. The lowest BCUT2D eigenvalue weighted by Crippen LogP contribution is -2.05. The molecule has 3 rings (SSSR count). The van der Waals surface area contributed by atoms with E-state index in [9.17, 15) is 4.79 Å². The predicted molar refractivity (Wildman–Crippen MR) is 73.0 cm³/mol. The molecule has 19 heavy (non-hydrogen) atoms. The van der Waals surface area contributed by atoms with Crippen LogP contribution in [0, 0.1) is 0 Å². The van der Waals surface area contributed by atoms with Crippen LogP contribution in [0.25, 0.3) is 0 Å². The Morgan fingerprint density at radius 2 is 2.21 bits per heavy atom. The van der Waals surface area contributed by atoms with Crippen LogP contribution in [0.3, 0.4) is 0 Å². The van der Waals surface area contributed by atoms with Gasteiger partial charge in [0.25, 0.3) is 0 Å². The van der Waals surface area contributed by atoms with E-state index >= 15 is 0 Å². The van der Waals surface area contributed by atoms with Crippen molar-refractivity contribution < 1.29 is 9.90 Å². The van der Waals surface area contributed by atoms with Crippen molar-refractivity contribution >= 4 is 33.9 Å². The first kappa shape index (κ1) is 11.9. The molecule has 0 fully saturated rings. The van der Waals surface area contributed by atoms with E-state index in [4.69, 9.17) is 10.8 Å². The fraction of sp³-hybridized carbons (Fsp3) is 0.250. The van der Waals surface area contributed by atoms with Gasteiger partial charge in [-0.3, -0.25) is 0 Å². The Bertz CT molecular complexity index is 632. The maximum atomic E-state index is 10.9. The number of carboxylic acids is 1. The van der Waals surface area contributed by atoms with Gasteiger partial charge in [-0.05, 0) is 31.4 Å². The summed E-state index contributed by atoms with van der Waals surface area (Å²) in [4.78, 5) is 20.6. The minimum Gasteiger partial charge on any atom is -0.477 e. The molecule has 0 radical (unpaired) electrons. The predicted octanol–water partition coefficient (Wildman–Crippen LogP) is 2.05. The second-order valence-electron chi connectivity index (χ2n) is 4.31. The molecule has 2 aromatic rings. The summed E-state index contributed by atoms with van der Waals surface area (Å²) < 4.78 is 0. The quantitative estimate of drug-likeness (QED) is 0.793. The van der Waals surface area contributed by atoms with Gasteiger partial charge in [0.05, 0.1) is 11.4 Å². The Morgan fingerprint density at radius 1 is 1.37 bits per heavy atom. The third-order valence-electron chi connectivity index (χ3n) is 2.97. The number of aromatic nitrogens is 2. The smallest absolute Gasteiger partial charge is 0.354 e. The zero-order valence-electron chi connectivity index (χ0n) is 10.0. The molecule has 7 heteroatoms. The zero-order chi connectivity index (χ0) is 13.4. The van der Waals surface area contributed by atoms with Gasteiger partial charge in [0, 0.05) is 4.88 Å². The summed E-state index contributed by atoms with van der Waals surface area (Å²) in [5.74, 6) is -0.739. The van der Waals surface area contributed by atoms with Crippen LogP contribution in [0.2, 0.25) is 0 Å². The zero-order valence-corrected chi connectivity index (χ0v) is 10.8. The first-order valence-corrected chi connectivity index (χ1v) is 6.70. The second-order valence-corrected chi connectivity index (χ2v) is 5.39. The number of nitrogens with one attached hydrogen (secondary N) is 1. The van der Waals surface area contributed by atoms with Gasteiger partial charge in [-0.25, -0.2) is 14.8 Å². The van der Waals surface area contributed by atoms with Crippen LogP contribution in [0.1, 0.15) is 27.5 Å². The number of aromatic carboxylic acids is 1. The Kier molecular flexibility index (Phi) is 2.83. The molecule has 0 saturated carbocycles.